The fourth-order valence-electron chi connectivity index (χ4n) is 2.50. The Morgan fingerprint density at radius 1 is 0.771 bits per heavy atom. The lowest BCUT2D eigenvalue weighted by atomic mass is 10.2. The van der Waals surface area contributed by atoms with Crippen LogP contribution in [0.25, 0.3) is 0 Å². The molecule has 0 aromatic carbocycles. The lowest BCUT2D eigenvalue weighted by Crippen LogP contribution is -2.47. The van der Waals surface area contributed by atoms with Crippen molar-refractivity contribution in [1.82, 2.24) is 20.9 Å². The number of nitrogens with zero attached hydrogens (tertiary/aromatic N) is 1. The third kappa shape index (κ3) is 18.5. The van der Waals surface area contributed by atoms with Gasteiger partial charge in [-0.15, -0.1) is 0 Å². The van der Waals surface area contributed by atoms with Crippen molar-refractivity contribution in [3.63, 3.8) is 0 Å². The van der Waals surface area contributed by atoms with Gasteiger partial charge in [0.25, 0.3) is 11.8 Å². The largest absolute Gasteiger partial charge is 0.465 e. The molecule has 0 heterocycles. The van der Waals surface area contributed by atoms with E-state index in [1.165, 1.54) is 0 Å². The van der Waals surface area contributed by atoms with E-state index < -0.39 is 67.5 Å². The van der Waals surface area contributed by atoms with Crippen molar-refractivity contribution >= 4 is 18.3 Å². The molecular formula is C21H38F4N4O6. The summed E-state index contributed by atoms with van der Waals surface area (Å²) in [6.45, 7) is 5.35. The second-order valence-electron chi connectivity index (χ2n) is 10.0. The molecule has 35 heavy (non-hydrogen) atoms. The lowest BCUT2D eigenvalue weighted by Gasteiger charge is -2.26. The Morgan fingerprint density at radius 3 is 1.66 bits per heavy atom. The predicted octanol–water partition coefficient (Wildman–Crippen LogP) is 3.66. The summed E-state index contributed by atoms with van der Waals surface area (Å²) < 4.78 is 65.6. The number of ether oxygens (including phenoxy) is 2. The summed E-state index contributed by atoms with van der Waals surface area (Å²) in [6.07, 6.45) is -3.22. The third-order valence-electron chi connectivity index (χ3n) is 3.89. The van der Waals surface area contributed by atoms with Crippen LogP contribution < -0.4 is 16.0 Å². The van der Waals surface area contributed by atoms with Crippen molar-refractivity contribution in [2.75, 3.05) is 39.3 Å². The summed E-state index contributed by atoms with van der Waals surface area (Å²) in [4.78, 5) is 34.7. The number of halogens is 4. The molecule has 0 saturated carbocycles. The minimum atomic E-state index is -3.54. The predicted molar refractivity (Wildman–Crippen MR) is 120 cm³/mol. The van der Waals surface area contributed by atoms with Gasteiger partial charge in [-0.3, -0.25) is 0 Å². The second-order valence-corrected chi connectivity index (χ2v) is 10.0. The number of nitrogens with one attached hydrogen (secondary N) is 3. The minimum Gasteiger partial charge on any atom is -0.465 e. The van der Waals surface area contributed by atoms with E-state index in [-0.39, 0.29) is 25.9 Å². The summed E-state index contributed by atoms with van der Waals surface area (Å²) in [5.41, 5.74) is -1.70. The van der Waals surface area contributed by atoms with Crippen molar-refractivity contribution < 1.29 is 46.5 Å². The smallest absolute Gasteiger partial charge is 0.407 e. The first-order chi connectivity index (χ1) is 15.7. The number of alkyl halides is 4. The van der Waals surface area contributed by atoms with Crippen LogP contribution in [0, 0.1) is 0 Å². The van der Waals surface area contributed by atoms with Crippen LogP contribution in [0.2, 0.25) is 0 Å². The molecule has 0 fully saturated rings. The molecule has 0 saturated heterocycles. The fraction of sp³-hybridized carbons (Fsp3) is 0.857. The molecule has 206 valence electrons. The van der Waals surface area contributed by atoms with E-state index in [0.29, 0.717) is 4.90 Å². The monoisotopic (exact) mass is 518 g/mol. The van der Waals surface area contributed by atoms with Crippen molar-refractivity contribution in [1.29, 1.82) is 0 Å². The van der Waals surface area contributed by atoms with Crippen LogP contribution in [0.3, 0.4) is 0 Å². The van der Waals surface area contributed by atoms with Crippen LogP contribution in [0.5, 0.6) is 0 Å². The molecule has 4 N–H and O–H groups in total. The van der Waals surface area contributed by atoms with Gasteiger partial charge < -0.3 is 35.4 Å². The number of alkyl carbamates (subject to hydrolysis) is 2. The zero-order chi connectivity index (χ0) is 27.5. The molecule has 0 aromatic rings. The second kappa shape index (κ2) is 13.5. The number of carboxylic acid groups (broad SMARTS) is 1. The first-order valence-corrected chi connectivity index (χ1v) is 11.1. The Bertz CT molecular complexity index is 696. The Kier molecular flexibility index (Phi) is 12.6. The number of unbranched alkanes of at least 4 members (excludes halogenated alkanes) is 1. The van der Waals surface area contributed by atoms with E-state index >= 15 is 0 Å². The van der Waals surface area contributed by atoms with Gasteiger partial charge in [-0.25, -0.2) is 31.9 Å². The lowest BCUT2D eigenvalue weighted by molar-refractivity contribution is -0.0293. The molecule has 14 heteroatoms. The number of rotatable bonds is 13. The van der Waals surface area contributed by atoms with E-state index in [0.717, 1.165) is 0 Å². The number of hydrogen-bond acceptors (Lipinski definition) is 6. The molecule has 0 aliphatic heterocycles. The zero-order valence-electron chi connectivity index (χ0n) is 21.1. The van der Waals surface area contributed by atoms with Gasteiger partial charge in [0.1, 0.15) is 11.2 Å². The first-order valence-electron chi connectivity index (χ1n) is 11.1. The molecule has 0 atom stereocenters. The Hall–Kier alpha value is -2.51. The summed E-state index contributed by atoms with van der Waals surface area (Å²) in [6, 6.07) is 0. The zero-order valence-corrected chi connectivity index (χ0v) is 21.1. The SMILES string of the molecule is CC(C)(C)OC(=O)NCC(F)(F)CNCCCCN(CC(F)(F)CNC(=O)OC(C)(C)C)C(=O)O. The average Bonchev–Trinajstić information content (AvgIpc) is 2.64. The van der Waals surface area contributed by atoms with Crippen molar-refractivity contribution in [3.05, 3.63) is 0 Å². The summed E-state index contributed by atoms with van der Waals surface area (Å²) >= 11 is 0. The van der Waals surface area contributed by atoms with E-state index in [4.69, 9.17) is 9.47 Å². The van der Waals surface area contributed by atoms with Gasteiger partial charge in [-0.1, -0.05) is 0 Å². The van der Waals surface area contributed by atoms with Gasteiger partial charge >= 0.3 is 18.3 Å². The number of carbonyl (C=O) groups is 3. The van der Waals surface area contributed by atoms with Gasteiger partial charge in [-0.05, 0) is 60.9 Å². The molecule has 0 bridgehead atoms. The highest BCUT2D eigenvalue weighted by atomic mass is 19.3. The maximum absolute atomic E-state index is 14.1. The quantitative estimate of drug-likeness (QED) is 0.216. The van der Waals surface area contributed by atoms with Gasteiger partial charge in [0.2, 0.25) is 0 Å². The van der Waals surface area contributed by atoms with Crippen LogP contribution in [0.4, 0.5) is 31.9 Å². The van der Waals surface area contributed by atoms with Gasteiger partial charge in [0.15, 0.2) is 0 Å². The molecule has 3 amide bonds. The van der Waals surface area contributed by atoms with Gasteiger partial charge in [0, 0.05) is 6.54 Å². The molecule has 0 unspecified atom stereocenters. The number of amides is 3. The molecule has 0 rings (SSSR count). The standard InChI is InChI=1S/C21H38F4N4O6/c1-18(2,3)34-15(30)27-12-20(22,23)11-26-9-7-8-10-29(17(32)33)14-21(24,25)13-28-16(31)35-19(4,5)6/h26H,7-14H2,1-6H3,(H,27,30)(H,28,31)(H,32,33). The average molecular weight is 519 g/mol. The highest BCUT2D eigenvalue weighted by molar-refractivity contribution is 5.68. The summed E-state index contributed by atoms with van der Waals surface area (Å²) in [5.74, 6) is -6.80. The van der Waals surface area contributed by atoms with E-state index in [1.54, 1.807) is 41.5 Å². The van der Waals surface area contributed by atoms with Crippen LogP contribution >= 0.6 is 0 Å². The molecule has 10 nitrogen and oxygen atoms in total. The number of hydrogen-bond donors (Lipinski definition) is 4. The maximum atomic E-state index is 14.1. The molecule has 0 aliphatic rings. The molecule has 0 spiro atoms. The highest BCUT2D eigenvalue weighted by Crippen LogP contribution is 2.16. The Morgan fingerprint density at radius 2 is 1.23 bits per heavy atom. The fourth-order valence-corrected chi connectivity index (χ4v) is 2.50. The van der Waals surface area contributed by atoms with Gasteiger partial charge in [0.05, 0.1) is 26.2 Å². The van der Waals surface area contributed by atoms with Crippen LogP contribution in [-0.2, 0) is 9.47 Å². The number of carbonyl (C=O) groups excluding carboxylic acids is 2. The summed E-state index contributed by atoms with van der Waals surface area (Å²) in [7, 11) is 0. The molecule has 0 radical (unpaired) electrons. The van der Waals surface area contributed by atoms with Gasteiger partial charge in [-0.2, -0.15) is 0 Å². The Balaban J connectivity index is 4.32. The molecular weight excluding hydrogens is 480 g/mol. The van der Waals surface area contributed by atoms with E-state index in [9.17, 15) is 37.1 Å². The maximum Gasteiger partial charge on any atom is 0.407 e. The minimum absolute atomic E-state index is 0.0755. The molecule has 0 aromatic heterocycles. The van der Waals surface area contributed by atoms with Crippen molar-refractivity contribution in [2.45, 2.75) is 77.4 Å². The van der Waals surface area contributed by atoms with Crippen molar-refractivity contribution in [3.8, 4) is 0 Å². The normalized spacial score (nSPS) is 12.6. The Labute approximate surface area is 203 Å². The summed E-state index contributed by atoms with van der Waals surface area (Å²) in [5, 5.41) is 15.5. The van der Waals surface area contributed by atoms with Crippen molar-refractivity contribution in [2.24, 2.45) is 0 Å². The molecule has 0 aliphatic carbocycles. The van der Waals surface area contributed by atoms with Crippen LogP contribution in [0.1, 0.15) is 54.4 Å². The van der Waals surface area contributed by atoms with E-state index in [2.05, 4.69) is 5.32 Å². The first kappa shape index (κ1) is 32.5. The highest BCUT2D eigenvalue weighted by Gasteiger charge is 2.35. The van der Waals surface area contributed by atoms with E-state index in [1.807, 2.05) is 10.6 Å². The third-order valence-corrected chi connectivity index (χ3v) is 3.89. The van der Waals surface area contributed by atoms with Crippen LogP contribution in [-0.4, -0.2) is 90.6 Å². The van der Waals surface area contributed by atoms with Crippen LogP contribution in [0.15, 0.2) is 0 Å². The topological polar surface area (TPSA) is 129 Å².